The van der Waals surface area contributed by atoms with Gasteiger partial charge in [-0.05, 0) is 43.2 Å². The molecule has 4 rings (SSSR count). The molecule has 1 saturated heterocycles. The third-order valence-corrected chi connectivity index (χ3v) is 6.09. The molecule has 1 aliphatic heterocycles. The summed E-state index contributed by atoms with van der Waals surface area (Å²) in [5.74, 6) is -0.613. The molecule has 3 heterocycles. The molecule has 1 aromatic carbocycles. The summed E-state index contributed by atoms with van der Waals surface area (Å²) >= 11 is 0. The van der Waals surface area contributed by atoms with Crippen molar-refractivity contribution < 1.29 is 22.7 Å². The van der Waals surface area contributed by atoms with Crippen molar-refractivity contribution in [2.24, 2.45) is 0 Å². The van der Waals surface area contributed by atoms with E-state index in [0.717, 1.165) is 18.5 Å². The van der Waals surface area contributed by atoms with Gasteiger partial charge in [-0.2, -0.15) is 0 Å². The molecule has 0 aliphatic carbocycles. The van der Waals surface area contributed by atoms with Gasteiger partial charge < -0.3 is 13.9 Å². The van der Waals surface area contributed by atoms with Crippen LogP contribution in [0.5, 0.6) is 0 Å². The van der Waals surface area contributed by atoms with Crippen LogP contribution in [0.2, 0.25) is 0 Å². The maximum atomic E-state index is 12.5. The molecule has 1 fully saturated rings. The van der Waals surface area contributed by atoms with E-state index >= 15 is 0 Å². The van der Waals surface area contributed by atoms with Crippen LogP contribution in [0.4, 0.5) is 0 Å². The van der Waals surface area contributed by atoms with Crippen molar-refractivity contribution in [2.45, 2.75) is 30.4 Å². The average molecular weight is 415 g/mol. The highest BCUT2D eigenvalue weighted by Gasteiger charge is 2.21. The lowest BCUT2D eigenvalue weighted by Crippen LogP contribution is -2.31. The minimum Gasteiger partial charge on any atom is -0.456 e. The van der Waals surface area contributed by atoms with Gasteiger partial charge in [0.1, 0.15) is 12.3 Å². The first-order chi connectivity index (χ1) is 14.0. The Morgan fingerprint density at radius 2 is 2.17 bits per heavy atom. The molecule has 1 N–H and O–H groups in total. The van der Waals surface area contributed by atoms with Crippen LogP contribution in [0.15, 0.2) is 59.8 Å². The zero-order chi connectivity index (χ0) is 20.3. The lowest BCUT2D eigenvalue weighted by molar-refractivity contribution is 0.0468. The summed E-state index contributed by atoms with van der Waals surface area (Å²) in [4.78, 5) is 16.8. The number of aromatic nitrogens is 2. The van der Waals surface area contributed by atoms with Crippen LogP contribution in [0.25, 0.3) is 5.65 Å². The third kappa shape index (κ3) is 4.64. The van der Waals surface area contributed by atoms with Gasteiger partial charge in [0, 0.05) is 25.5 Å². The minimum absolute atomic E-state index is 0.00520. The van der Waals surface area contributed by atoms with Gasteiger partial charge in [-0.15, -0.1) is 0 Å². The Bertz CT molecular complexity index is 1090. The fraction of sp³-hybridized carbons (Fsp3) is 0.300. The van der Waals surface area contributed by atoms with Crippen molar-refractivity contribution in [1.82, 2.24) is 14.1 Å². The van der Waals surface area contributed by atoms with Gasteiger partial charge in [0.05, 0.1) is 22.3 Å². The van der Waals surface area contributed by atoms with Crippen LogP contribution < -0.4 is 4.72 Å². The van der Waals surface area contributed by atoms with Gasteiger partial charge in [-0.25, -0.2) is 22.9 Å². The fourth-order valence-electron chi connectivity index (χ4n) is 3.16. The zero-order valence-corrected chi connectivity index (χ0v) is 16.5. The number of carbonyl (C=O) groups excluding carboxylic acids is 1. The Kier molecular flexibility index (Phi) is 5.61. The molecule has 0 amide bonds. The first kappa shape index (κ1) is 19.6. The van der Waals surface area contributed by atoms with Crippen molar-refractivity contribution in [3.05, 3.63) is 66.1 Å². The largest absolute Gasteiger partial charge is 0.456 e. The fourth-order valence-corrected chi connectivity index (χ4v) is 4.27. The molecule has 0 unspecified atom stereocenters. The van der Waals surface area contributed by atoms with Crippen LogP contribution in [-0.4, -0.2) is 43.0 Å². The van der Waals surface area contributed by atoms with E-state index in [1.54, 1.807) is 6.20 Å². The van der Waals surface area contributed by atoms with Crippen molar-refractivity contribution in [3.8, 4) is 0 Å². The first-order valence-corrected chi connectivity index (χ1v) is 10.8. The molecule has 9 heteroatoms. The van der Waals surface area contributed by atoms with E-state index in [9.17, 15) is 13.2 Å². The number of fused-ring (bicyclic) bond motifs is 1. The highest BCUT2D eigenvalue weighted by molar-refractivity contribution is 7.89. The Labute approximate surface area is 168 Å². The summed E-state index contributed by atoms with van der Waals surface area (Å²) in [5.41, 5.74) is 1.52. The summed E-state index contributed by atoms with van der Waals surface area (Å²) in [6.45, 7) is 0.861. The summed E-state index contributed by atoms with van der Waals surface area (Å²) in [5, 5.41) is 0. The van der Waals surface area contributed by atoms with Gasteiger partial charge in [0.25, 0.3) is 0 Å². The number of hydrogen-bond donors (Lipinski definition) is 1. The predicted octanol–water partition coefficient (Wildman–Crippen LogP) is 2.15. The molecular formula is C20H21N3O5S. The summed E-state index contributed by atoms with van der Waals surface area (Å²) in [6, 6.07) is 11.4. The van der Waals surface area contributed by atoms with Crippen LogP contribution >= 0.6 is 0 Å². The minimum atomic E-state index is -3.74. The topological polar surface area (TPSA) is 99.0 Å². The summed E-state index contributed by atoms with van der Waals surface area (Å²) < 4.78 is 40.1. The molecule has 1 aliphatic rings. The molecular weight excluding hydrogens is 394 g/mol. The van der Waals surface area contributed by atoms with Crippen molar-refractivity contribution in [2.75, 3.05) is 13.2 Å². The van der Waals surface area contributed by atoms with Gasteiger partial charge >= 0.3 is 5.97 Å². The zero-order valence-electron chi connectivity index (χ0n) is 15.7. The van der Waals surface area contributed by atoms with E-state index < -0.39 is 16.0 Å². The molecule has 1 atom stereocenters. The van der Waals surface area contributed by atoms with Crippen LogP contribution in [-0.2, 0) is 26.1 Å². The molecule has 0 saturated carbocycles. The first-order valence-electron chi connectivity index (χ1n) is 9.32. The van der Waals surface area contributed by atoms with Crippen molar-refractivity contribution >= 4 is 21.6 Å². The number of nitrogens with one attached hydrogen (secondary N) is 1. The number of benzene rings is 1. The van der Waals surface area contributed by atoms with Crippen LogP contribution in [0, 0.1) is 0 Å². The molecule has 8 nitrogen and oxygen atoms in total. The number of sulfonamides is 1. The summed E-state index contributed by atoms with van der Waals surface area (Å²) in [7, 11) is -3.74. The van der Waals surface area contributed by atoms with Gasteiger partial charge in [0.15, 0.2) is 0 Å². The Morgan fingerprint density at radius 3 is 2.97 bits per heavy atom. The highest BCUT2D eigenvalue weighted by atomic mass is 32.2. The second kappa shape index (κ2) is 8.32. The highest BCUT2D eigenvalue weighted by Crippen LogP contribution is 2.16. The van der Waals surface area contributed by atoms with E-state index in [-0.39, 0.29) is 29.7 Å². The SMILES string of the molecule is O=C(OCc1cn2ccccc2n1)c1cccc(S(=O)(=O)NC[C@@H]2CCCO2)c1. The number of esters is 1. The Morgan fingerprint density at radius 1 is 1.28 bits per heavy atom. The molecule has 2 aromatic heterocycles. The smallest absolute Gasteiger partial charge is 0.338 e. The van der Waals surface area contributed by atoms with E-state index in [4.69, 9.17) is 9.47 Å². The Balaban J connectivity index is 1.40. The molecule has 3 aromatic rings. The van der Waals surface area contributed by atoms with Gasteiger partial charge in [0.2, 0.25) is 10.0 Å². The number of hydrogen-bond acceptors (Lipinski definition) is 6. The van der Waals surface area contributed by atoms with Gasteiger partial charge in [-0.1, -0.05) is 12.1 Å². The normalized spacial score (nSPS) is 16.9. The average Bonchev–Trinajstić information content (AvgIpc) is 3.40. The van der Waals surface area contributed by atoms with Crippen LogP contribution in [0.1, 0.15) is 28.9 Å². The third-order valence-electron chi connectivity index (χ3n) is 4.67. The van der Waals surface area contributed by atoms with E-state index in [0.29, 0.717) is 12.3 Å². The van der Waals surface area contributed by atoms with Crippen molar-refractivity contribution in [3.63, 3.8) is 0 Å². The standard InChI is InChI=1S/C20H21N3O5S/c24-20(28-14-16-13-23-9-2-1-8-19(23)22-16)15-5-3-7-18(11-15)29(25,26)21-12-17-6-4-10-27-17/h1-3,5,7-9,11,13,17,21H,4,6,10,12,14H2/t17-/m0/s1. The van der Waals surface area contributed by atoms with Crippen LogP contribution in [0.3, 0.4) is 0 Å². The lowest BCUT2D eigenvalue weighted by Gasteiger charge is -2.12. The second-order valence-corrected chi connectivity index (χ2v) is 8.56. The maximum Gasteiger partial charge on any atom is 0.338 e. The monoisotopic (exact) mass is 415 g/mol. The number of ether oxygens (including phenoxy) is 2. The molecule has 29 heavy (non-hydrogen) atoms. The molecule has 0 radical (unpaired) electrons. The lowest BCUT2D eigenvalue weighted by atomic mass is 10.2. The maximum absolute atomic E-state index is 12.5. The number of rotatable bonds is 7. The Hall–Kier alpha value is -2.75. The van der Waals surface area contributed by atoms with Gasteiger partial charge in [-0.3, -0.25) is 0 Å². The van der Waals surface area contributed by atoms with Crippen molar-refractivity contribution in [1.29, 1.82) is 0 Å². The van der Waals surface area contributed by atoms with E-state index in [2.05, 4.69) is 9.71 Å². The molecule has 0 bridgehead atoms. The van der Waals surface area contributed by atoms with E-state index in [1.807, 2.05) is 28.8 Å². The summed E-state index contributed by atoms with van der Waals surface area (Å²) in [6.07, 6.45) is 5.28. The molecule has 152 valence electrons. The van der Waals surface area contributed by atoms with E-state index in [1.165, 1.54) is 24.3 Å². The quantitative estimate of drug-likeness (QED) is 0.594. The molecule has 0 spiro atoms. The second-order valence-electron chi connectivity index (χ2n) is 6.79. The number of nitrogens with zero attached hydrogens (tertiary/aromatic N) is 2. The number of imidazole rings is 1. The number of carbonyl (C=O) groups is 1. The predicted molar refractivity (Wildman–Crippen MR) is 105 cm³/mol. The number of pyridine rings is 1.